The second-order valence-corrected chi connectivity index (χ2v) is 4.58. The monoisotopic (exact) mass is 212 g/mol. The molecule has 15 heavy (non-hydrogen) atoms. The molecule has 86 valence electrons. The van der Waals surface area contributed by atoms with Crippen molar-refractivity contribution in [3.05, 3.63) is 0 Å². The fraction of sp³-hybridized carbons (Fsp3) is 0.818. The molecule has 0 aromatic rings. The van der Waals surface area contributed by atoms with Gasteiger partial charge in [-0.2, -0.15) is 0 Å². The van der Waals surface area contributed by atoms with E-state index in [9.17, 15) is 9.59 Å². The Balaban J connectivity index is 2.82. The Kier molecular flexibility index (Phi) is 3.37. The first-order chi connectivity index (χ1) is 6.91. The van der Waals surface area contributed by atoms with E-state index in [-0.39, 0.29) is 11.8 Å². The van der Waals surface area contributed by atoms with Crippen molar-refractivity contribution >= 4 is 11.8 Å². The van der Waals surface area contributed by atoms with Gasteiger partial charge in [-0.1, -0.05) is 6.92 Å². The first-order valence-electron chi connectivity index (χ1n) is 5.47. The molecule has 1 heterocycles. The quantitative estimate of drug-likeness (QED) is 0.681. The largest absolute Gasteiger partial charge is 0.342 e. The van der Waals surface area contributed by atoms with Crippen LogP contribution in [0, 0.1) is 0 Å². The molecule has 0 atom stereocenters. The summed E-state index contributed by atoms with van der Waals surface area (Å²) in [6.07, 6.45) is 1.36. The molecule has 1 saturated heterocycles. The molecule has 0 bridgehead atoms. The van der Waals surface area contributed by atoms with Gasteiger partial charge in [-0.25, -0.2) is 0 Å². The molecule has 0 N–H and O–H groups in total. The normalized spacial score (nSPS) is 20.7. The molecule has 0 spiro atoms. The fourth-order valence-electron chi connectivity index (χ4n) is 2.00. The molecule has 2 amide bonds. The molecule has 0 unspecified atom stereocenters. The molecule has 4 nitrogen and oxygen atoms in total. The Morgan fingerprint density at radius 2 is 2.00 bits per heavy atom. The first-order valence-corrected chi connectivity index (χ1v) is 5.47. The van der Waals surface area contributed by atoms with E-state index in [1.807, 2.05) is 20.8 Å². The summed E-state index contributed by atoms with van der Waals surface area (Å²) in [5.74, 6) is 0.113. The van der Waals surface area contributed by atoms with Crippen molar-refractivity contribution in [3.63, 3.8) is 0 Å². The topological polar surface area (TPSA) is 40.6 Å². The fourth-order valence-corrected chi connectivity index (χ4v) is 2.00. The maximum Gasteiger partial charge on any atom is 0.247 e. The number of likely N-dealkylation sites (N-methyl/N-ethyl adjacent to an activating group) is 1. The summed E-state index contributed by atoms with van der Waals surface area (Å²) in [6, 6.07) is 0. The minimum atomic E-state index is -0.681. The maximum atomic E-state index is 11.9. The lowest BCUT2D eigenvalue weighted by molar-refractivity contribution is -0.157. The predicted octanol–water partition coefficient (Wildman–Crippen LogP) is 0.866. The van der Waals surface area contributed by atoms with Gasteiger partial charge >= 0.3 is 0 Å². The number of hydrogen-bond acceptors (Lipinski definition) is 2. The van der Waals surface area contributed by atoms with Gasteiger partial charge in [0.1, 0.15) is 5.54 Å². The van der Waals surface area contributed by atoms with Crippen LogP contribution in [0.3, 0.4) is 0 Å². The van der Waals surface area contributed by atoms with E-state index in [0.29, 0.717) is 19.5 Å². The third kappa shape index (κ3) is 2.13. The van der Waals surface area contributed by atoms with Crippen LogP contribution in [-0.4, -0.2) is 47.3 Å². The highest BCUT2D eigenvalue weighted by atomic mass is 16.2. The Bertz CT molecular complexity index is 274. The average molecular weight is 212 g/mol. The smallest absolute Gasteiger partial charge is 0.247 e. The second-order valence-electron chi connectivity index (χ2n) is 4.58. The number of piperazine rings is 1. The van der Waals surface area contributed by atoms with Crippen molar-refractivity contribution in [2.45, 2.75) is 39.2 Å². The van der Waals surface area contributed by atoms with Gasteiger partial charge < -0.3 is 9.80 Å². The van der Waals surface area contributed by atoms with Gasteiger partial charge in [-0.05, 0) is 20.3 Å². The molecule has 1 rings (SSSR count). The van der Waals surface area contributed by atoms with Crippen LogP contribution in [0.5, 0.6) is 0 Å². The van der Waals surface area contributed by atoms with Crippen LogP contribution in [0.4, 0.5) is 0 Å². The van der Waals surface area contributed by atoms with E-state index >= 15 is 0 Å². The number of carbonyl (C=O) groups excluding carboxylic acids is 2. The zero-order chi connectivity index (χ0) is 11.6. The lowest BCUT2D eigenvalue weighted by Crippen LogP contribution is -2.63. The summed E-state index contributed by atoms with van der Waals surface area (Å²) in [4.78, 5) is 27.1. The van der Waals surface area contributed by atoms with E-state index in [4.69, 9.17) is 0 Å². The molecule has 0 aliphatic carbocycles. The summed E-state index contributed by atoms with van der Waals surface area (Å²) in [5.41, 5.74) is -0.681. The van der Waals surface area contributed by atoms with E-state index in [1.165, 1.54) is 0 Å². The molecular weight excluding hydrogens is 192 g/mol. The molecule has 0 aromatic carbocycles. The Morgan fingerprint density at radius 1 is 1.40 bits per heavy atom. The lowest BCUT2D eigenvalue weighted by atomic mass is 9.97. The van der Waals surface area contributed by atoms with Gasteiger partial charge in [0.15, 0.2) is 0 Å². The highest BCUT2D eigenvalue weighted by Crippen LogP contribution is 2.22. The van der Waals surface area contributed by atoms with E-state index in [1.54, 1.807) is 16.8 Å². The van der Waals surface area contributed by atoms with E-state index in [2.05, 4.69) is 0 Å². The van der Waals surface area contributed by atoms with E-state index < -0.39 is 5.54 Å². The number of rotatable bonds is 2. The SMILES string of the molecule is CCCC(=O)N1CCN(C)C(=O)C1(C)C. The number of nitrogens with zero attached hydrogens (tertiary/aromatic N) is 2. The van der Waals surface area contributed by atoms with Crippen LogP contribution in [0.2, 0.25) is 0 Å². The Labute approximate surface area is 91.2 Å². The zero-order valence-electron chi connectivity index (χ0n) is 10.0. The van der Waals surface area contributed by atoms with Crippen molar-refractivity contribution in [2.24, 2.45) is 0 Å². The van der Waals surface area contributed by atoms with Crippen molar-refractivity contribution in [3.8, 4) is 0 Å². The number of amides is 2. The molecule has 1 fully saturated rings. The summed E-state index contributed by atoms with van der Waals surface area (Å²) in [7, 11) is 1.78. The van der Waals surface area contributed by atoms with Crippen LogP contribution in [0.25, 0.3) is 0 Å². The number of hydrogen-bond donors (Lipinski definition) is 0. The molecule has 0 saturated carbocycles. The average Bonchev–Trinajstić information content (AvgIpc) is 2.14. The third-order valence-electron chi connectivity index (χ3n) is 2.97. The van der Waals surface area contributed by atoms with Gasteiger partial charge in [0.2, 0.25) is 11.8 Å². The van der Waals surface area contributed by atoms with Gasteiger partial charge in [0.25, 0.3) is 0 Å². The highest BCUT2D eigenvalue weighted by molar-refractivity contribution is 5.91. The minimum absolute atomic E-state index is 0.0261. The van der Waals surface area contributed by atoms with Gasteiger partial charge in [0.05, 0.1) is 0 Å². The van der Waals surface area contributed by atoms with Crippen molar-refractivity contribution in [1.29, 1.82) is 0 Å². The van der Waals surface area contributed by atoms with Crippen LogP contribution in [0.1, 0.15) is 33.6 Å². The maximum absolute atomic E-state index is 11.9. The first kappa shape index (κ1) is 12.0. The van der Waals surface area contributed by atoms with Gasteiger partial charge in [-0.15, -0.1) is 0 Å². The molecule has 1 aliphatic heterocycles. The molecule has 0 radical (unpaired) electrons. The Hall–Kier alpha value is -1.06. The zero-order valence-corrected chi connectivity index (χ0v) is 10.0. The third-order valence-corrected chi connectivity index (χ3v) is 2.97. The highest BCUT2D eigenvalue weighted by Gasteiger charge is 2.42. The lowest BCUT2D eigenvalue weighted by Gasteiger charge is -2.44. The van der Waals surface area contributed by atoms with Crippen LogP contribution in [-0.2, 0) is 9.59 Å². The molecule has 0 aromatic heterocycles. The summed E-state index contributed by atoms with van der Waals surface area (Å²) in [5, 5.41) is 0. The molecular formula is C11H20N2O2. The van der Waals surface area contributed by atoms with Crippen molar-refractivity contribution in [1.82, 2.24) is 9.80 Å². The standard InChI is InChI=1S/C11H20N2O2/c1-5-6-9(14)13-8-7-12(4)10(15)11(13,2)3/h5-8H2,1-4H3. The van der Waals surface area contributed by atoms with Crippen LogP contribution >= 0.6 is 0 Å². The van der Waals surface area contributed by atoms with Crippen molar-refractivity contribution < 1.29 is 9.59 Å². The summed E-state index contributed by atoms with van der Waals surface area (Å²) >= 11 is 0. The van der Waals surface area contributed by atoms with E-state index in [0.717, 1.165) is 6.42 Å². The van der Waals surface area contributed by atoms with Crippen LogP contribution in [0.15, 0.2) is 0 Å². The number of carbonyl (C=O) groups is 2. The van der Waals surface area contributed by atoms with Crippen LogP contribution < -0.4 is 0 Å². The van der Waals surface area contributed by atoms with Gasteiger partial charge in [0, 0.05) is 26.6 Å². The molecule has 4 heteroatoms. The summed E-state index contributed by atoms with van der Waals surface area (Å²) in [6.45, 7) is 6.89. The second kappa shape index (κ2) is 4.21. The summed E-state index contributed by atoms with van der Waals surface area (Å²) < 4.78 is 0. The predicted molar refractivity (Wildman–Crippen MR) is 58.3 cm³/mol. The minimum Gasteiger partial charge on any atom is -0.342 e. The van der Waals surface area contributed by atoms with Crippen molar-refractivity contribution in [2.75, 3.05) is 20.1 Å². The molecule has 1 aliphatic rings. The Morgan fingerprint density at radius 3 is 2.53 bits per heavy atom. The van der Waals surface area contributed by atoms with Gasteiger partial charge in [-0.3, -0.25) is 9.59 Å².